The van der Waals surface area contributed by atoms with E-state index < -0.39 is 22.7 Å². The average molecular weight is 302 g/mol. The summed E-state index contributed by atoms with van der Waals surface area (Å²) in [6.07, 6.45) is 0. The minimum Gasteiger partial charge on any atom is -0.461 e. The Bertz CT molecular complexity index is 870. The second-order valence-electron chi connectivity index (χ2n) is 4.53. The molecule has 1 aromatic heterocycles. The molecule has 0 aliphatic heterocycles. The Hall–Kier alpha value is -2.96. The van der Waals surface area contributed by atoms with Crippen molar-refractivity contribution in [2.45, 2.75) is 13.8 Å². The topological polar surface area (TPSA) is 105 Å². The molecule has 22 heavy (non-hydrogen) atoms. The first-order valence-electron chi connectivity index (χ1n) is 6.58. The van der Waals surface area contributed by atoms with Crippen LogP contribution in [0.5, 0.6) is 0 Å². The predicted octanol–water partition coefficient (Wildman–Crippen LogP) is 1.02. The lowest BCUT2D eigenvalue weighted by molar-refractivity contribution is -0.114. The molecule has 1 heterocycles. The Labute approximate surface area is 124 Å². The summed E-state index contributed by atoms with van der Waals surface area (Å²) in [5, 5.41) is 2.55. The van der Waals surface area contributed by atoms with Crippen molar-refractivity contribution >= 4 is 28.5 Å². The molecule has 2 N–H and O–H groups in total. The molecule has 0 unspecified atom stereocenters. The Morgan fingerprint density at radius 2 is 1.91 bits per heavy atom. The van der Waals surface area contributed by atoms with Gasteiger partial charge in [-0.25, -0.2) is 4.79 Å². The maximum atomic E-state index is 12.2. The standard InChI is InChI=1S/C15H14N2O5/c1-3-22-15(21)12-7-14(20)9-6-11(16-8(2)18)13(19)5-4-10(9)17-12/h4-7H,3H2,1-2H3,(H,17,20)(H,16,18,19). The molecule has 0 radical (unpaired) electrons. The fourth-order valence-electron chi connectivity index (χ4n) is 1.94. The molecular weight excluding hydrogens is 288 g/mol. The van der Waals surface area contributed by atoms with Crippen molar-refractivity contribution in [3.05, 3.63) is 50.4 Å². The molecule has 7 nitrogen and oxygen atoms in total. The molecule has 1 aromatic carbocycles. The summed E-state index contributed by atoms with van der Waals surface area (Å²) >= 11 is 0. The minimum atomic E-state index is -0.655. The number of hydrogen-bond donors (Lipinski definition) is 2. The van der Waals surface area contributed by atoms with Gasteiger partial charge in [-0.1, -0.05) is 0 Å². The number of rotatable bonds is 3. The first-order valence-corrected chi connectivity index (χ1v) is 6.58. The molecule has 1 amide bonds. The SMILES string of the molecule is CCOC(=O)c1cc(=O)c2cc(NC(C)=O)c(=O)ccc2[nH]1. The smallest absolute Gasteiger partial charge is 0.354 e. The van der Waals surface area contributed by atoms with E-state index in [0.717, 1.165) is 6.07 Å². The fraction of sp³-hybridized carbons (Fsp3) is 0.200. The number of nitrogens with one attached hydrogen (secondary N) is 2. The highest BCUT2D eigenvalue weighted by Gasteiger charge is 2.11. The van der Waals surface area contributed by atoms with Crippen LogP contribution >= 0.6 is 0 Å². The van der Waals surface area contributed by atoms with E-state index in [-0.39, 0.29) is 23.4 Å². The second kappa shape index (κ2) is 6.21. The van der Waals surface area contributed by atoms with Crippen molar-refractivity contribution in [3.63, 3.8) is 0 Å². The Morgan fingerprint density at radius 1 is 1.18 bits per heavy atom. The van der Waals surface area contributed by atoms with Gasteiger partial charge in [0.2, 0.25) is 11.3 Å². The number of aromatic amines is 1. The lowest BCUT2D eigenvalue weighted by Gasteiger charge is -2.02. The maximum Gasteiger partial charge on any atom is 0.354 e. The van der Waals surface area contributed by atoms with E-state index in [4.69, 9.17) is 4.74 Å². The Kier molecular flexibility index (Phi) is 4.36. The zero-order chi connectivity index (χ0) is 16.3. The Balaban J connectivity index is 2.70. The summed E-state index contributed by atoms with van der Waals surface area (Å²) in [6.45, 7) is 3.09. The summed E-state index contributed by atoms with van der Waals surface area (Å²) in [4.78, 5) is 49.6. The van der Waals surface area contributed by atoms with Gasteiger partial charge in [-0.3, -0.25) is 14.4 Å². The molecule has 2 rings (SSSR count). The van der Waals surface area contributed by atoms with Crippen molar-refractivity contribution in [1.82, 2.24) is 4.98 Å². The van der Waals surface area contributed by atoms with E-state index in [1.54, 1.807) is 6.92 Å². The summed E-state index contributed by atoms with van der Waals surface area (Å²) in [5.74, 6) is -1.08. The third-order valence-electron chi connectivity index (χ3n) is 2.86. The third kappa shape index (κ3) is 3.20. The van der Waals surface area contributed by atoms with Crippen molar-refractivity contribution < 1.29 is 14.3 Å². The van der Waals surface area contributed by atoms with Crippen LogP contribution in [0.3, 0.4) is 0 Å². The van der Waals surface area contributed by atoms with E-state index in [1.807, 2.05) is 0 Å². The normalized spacial score (nSPS) is 10.3. The van der Waals surface area contributed by atoms with E-state index in [9.17, 15) is 19.2 Å². The summed E-state index contributed by atoms with van der Waals surface area (Å²) < 4.78 is 4.83. The zero-order valence-corrected chi connectivity index (χ0v) is 12.1. The molecule has 0 saturated carbocycles. The van der Waals surface area contributed by atoms with E-state index in [0.29, 0.717) is 5.52 Å². The number of carbonyl (C=O) groups is 2. The number of H-pyrrole nitrogens is 1. The van der Waals surface area contributed by atoms with Crippen LogP contribution in [-0.4, -0.2) is 23.5 Å². The van der Waals surface area contributed by atoms with E-state index in [2.05, 4.69) is 10.3 Å². The number of pyridine rings is 1. The maximum absolute atomic E-state index is 12.2. The van der Waals surface area contributed by atoms with Gasteiger partial charge in [0, 0.05) is 18.4 Å². The highest BCUT2D eigenvalue weighted by Crippen LogP contribution is 2.10. The molecule has 0 fully saturated rings. The molecule has 0 atom stereocenters. The van der Waals surface area contributed by atoms with Gasteiger partial charge < -0.3 is 15.0 Å². The van der Waals surface area contributed by atoms with Crippen LogP contribution in [0.4, 0.5) is 5.69 Å². The number of esters is 1. The quantitative estimate of drug-likeness (QED) is 0.824. The minimum absolute atomic E-state index is 0.000855. The summed E-state index contributed by atoms with van der Waals surface area (Å²) in [6, 6.07) is 4.97. The highest BCUT2D eigenvalue weighted by atomic mass is 16.5. The van der Waals surface area contributed by atoms with Gasteiger partial charge in [0.05, 0.1) is 17.8 Å². The van der Waals surface area contributed by atoms with Crippen LogP contribution in [0.1, 0.15) is 24.3 Å². The van der Waals surface area contributed by atoms with Gasteiger partial charge in [0.15, 0.2) is 5.43 Å². The van der Waals surface area contributed by atoms with Gasteiger partial charge in [-0.15, -0.1) is 0 Å². The van der Waals surface area contributed by atoms with Gasteiger partial charge in [0.25, 0.3) is 0 Å². The summed E-state index contributed by atoms with van der Waals surface area (Å²) in [7, 11) is 0. The number of fused-ring (bicyclic) bond motifs is 1. The number of carbonyl (C=O) groups excluding carboxylic acids is 2. The molecule has 0 saturated heterocycles. The third-order valence-corrected chi connectivity index (χ3v) is 2.86. The average Bonchev–Trinajstić information content (AvgIpc) is 2.60. The van der Waals surface area contributed by atoms with E-state index in [1.165, 1.54) is 25.1 Å². The largest absolute Gasteiger partial charge is 0.461 e. The van der Waals surface area contributed by atoms with Crippen LogP contribution in [-0.2, 0) is 9.53 Å². The van der Waals surface area contributed by atoms with Crippen molar-refractivity contribution in [2.75, 3.05) is 11.9 Å². The number of ether oxygens (including phenoxy) is 1. The van der Waals surface area contributed by atoms with Crippen molar-refractivity contribution in [3.8, 4) is 0 Å². The Morgan fingerprint density at radius 3 is 2.55 bits per heavy atom. The monoisotopic (exact) mass is 302 g/mol. The molecule has 0 aliphatic carbocycles. The van der Waals surface area contributed by atoms with E-state index >= 15 is 0 Å². The first-order chi connectivity index (χ1) is 10.4. The van der Waals surface area contributed by atoms with Gasteiger partial charge in [-0.2, -0.15) is 0 Å². The molecule has 2 aromatic rings. The molecule has 0 aliphatic rings. The first kappa shape index (κ1) is 15.4. The highest BCUT2D eigenvalue weighted by molar-refractivity contribution is 5.93. The number of amides is 1. The van der Waals surface area contributed by atoms with Gasteiger partial charge in [-0.05, 0) is 25.1 Å². The van der Waals surface area contributed by atoms with Crippen molar-refractivity contribution in [1.29, 1.82) is 0 Å². The molecular formula is C15H14N2O5. The van der Waals surface area contributed by atoms with Crippen LogP contribution < -0.4 is 16.2 Å². The number of hydrogen-bond acceptors (Lipinski definition) is 5. The number of aromatic nitrogens is 1. The lowest BCUT2D eigenvalue weighted by Crippen LogP contribution is -2.14. The fourth-order valence-corrected chi connectivity index (χ4v) is 1.94. The van der Waals surface area contributed by atoms with Crippen LogP contribution in [0.25, 0.3) is 10.9 Å². The number of anilines is 1. The molecule has 114 valence electrons. The van der Waals surface area contributed by atoms with Gasteiger partial charge in [0.1, 0.15) is 5.69 Å². The molecule has 0 spiro atoms. The predicted molar refractivity (Wildman–Crippen MR) is 81.1 cm³/mol. The van der Waals surface area contributed by atoms with Gasteiger partial charge >= 0.3 is 5.97 Å². The lowest BCUT2D eigenvalue weighted by atomic mass is 10.2. The van der Waals surface area contributed by atoms with Crippen LogP contribution in [0, 0.1) is 0 Å². The zero-order valence-electron chi connectivity index (χ0n) is 12.1. The van der Waals surface area contributed by atoms with Crippen LogP contribution in [0.15, 0.2) is 33.9 Å². The van der Waals surface area contributed by atoms with Crippen LogP contribution in [0.2, 0.25) is 0 Å². The molecule has 0 bridgehead atoms. The summed E-state index contributed by atoms with van der Waals surface area (Å²) in [5.41, 5.74) is -0.615. The second-order valence-corrected chi connectivity index (χ2v) is 4.53. The molecule has 7 heteroatoms. The van der Waals surface area contributed by atoms with Crippen molar-refractivity contribution in [2.24, 2.45) is 0 Å².